The Labute approximate surface area is 95.0 Å². The fourth-order valence-electron chi connectivity index (χ4n) is 2.02. The molecule has 1 aliphatic heterocycles. The molecule has 5 nitrogen and oxygen atoms in total. The zero-order chi connectivity index (χ0) is 11.4. The number of hydrogen-bond donors (Lipinski definition) is 3. The van der Waals surface area contributed by atoms with E-state index in [9.17, 15) is 4.79 Å². The van der Waals surface area contributed by atoms with Crippen LogP contribution in [0.25, 0.3) is 0 Å². The Bertz CT molecular complexity index is 341. The first-order chi connectivity index (χ1) is 7.71. The summed E-state index contributed by atoms with van der Waals surface area (Å²) in [6, 6.07) is 0. The number of nitrogens with zero attached hydrogens (tertiary/aromatic N) is 1. The Morgan fingerprint density at radius 3 is 3.19 bits per heavy atom. The van der Waals surface area contributed by atoms with E-state index in [0.717, 1.165) is 31.5 Å². The van der Waals surface area contributed by atoms with Crippen molar-refractivity contribution in [2.75, 3.05) is 13.1 Å². The molecule has 1 aromatic heterocycles. The van der Waals surface area contributed by atoms with Gasteiger partial charge in [-0.2, -0.15) is 0 Å². The molecule has 0 spiro atoms. The molecule has 0 aliphatic carbocycles. The lowest BCUT2D eigenvalue weighted by molar-refractivity contribution is -0.126. The van der Waals surface area contributed by atoms with Gasteiger partial charge in [0.05, 0.1) is 11.9 Å². The summed E-state index contributed by atoms with van der Waals surface area (Å²) in [7, 11) is 0. The molecular weight excluding hydrogens is 204 g/mol. The maximum atomic E-state index is 11.9. The summed E-state index contributed by atoms with van der Waals surface area (Å²) in [4.78, 5) is 18.8. The number of aromatic amines is 1. The van der Waals surface area contributed by atoms with Gasteiger partial charge < -0.3 is 15.6 Å². The highest BCUT2D eigenvalue weighted by molar-refractivity contribution is 5.86. The fourth-order valence-corrected chi connectivity index (χ4v) is 2.02. The number of rotatable bonds is 4. The first-order valence-corrected chi connectivity index (χ1v) is 5.71. The third kappa shape index (κ3) is 2.41. The van der Waals surface area contributed by atoms with Gasteiger partial charge in [0, 0.05) is 24.9 Å². The van der Waals surface area contributed by atoms with E-state index in [1.165, 1.54) is 0 Å². The highest BCUT2D eigenvalue weighted by atomic mass is 16.2. The zero-order valence-corrected chi connectivity index (χ0v) is 9.55. The van der Waals surface area contributed by atoms with Crippen LogP contribution >= 0.6 is 0 Å². The van der Waals surface area contributed by atoms with Crippen molar-refractivity contribution in [1.82, 2.24) is 20.6 Å². The maximum Gasteiger partial charge on any atom is 0.240 e. The molecule has 88 valence electrons. The molecule has 3 N–H and O–H groups in total. The van der Waals surface area contributed by atoms with Gasteiger partial charge in [-0.05, 0) is 26.3 Å². The van der Waals surface area contributed by atoms with Gasteiger partial charge >= 0.3 is 0 Å². The van der Waals surface area contributed by atoms with Crippen molar-refractivity contribution in [3.05, 3.63) is 18.2 Å². The smallest absolute Gasteiger partial charge is 0.240 e. The lowest BCUT2D eigenvalue weighted by Crippen LogP contribution is -2.51. The molecule has 0 saturated carbocycles. The molecule has 1 fully saturated rings. The fraction of sp³-hybridized carbons (Fsp3) is 0.636. The van der Waals surface area contributed by atoms with Crippen molar-refractivity contribution in [1.29, 1.82) is 0 Å². The van der Waals surface area contributed by atoms with Crippen LogP contribution in [0.4, 0.5) is 0 Å². The topological polar surface area (TPSA) is 69.8 Å². The summed E-state index contributed by atoms with van der Waals surface area (Å²) in [6.07, 6.45) is 6.22. The van der Waals surface area contributed by atoms with E-state index < -0.39 is 0 Å². The number of imidazole rings is 1. The average Bonchev–Trinajstić information content (AvgIpc) is 2.90. The first-order valence-electron chi connectivity index (χ1n) is 5.71. The lowest BCUT2D eigenvalue weighted by atomic mass is 9.99. The Morgan fingerprint density at radius 1 is 1.69 bits per heavy atom. The number of carbonyl (C=O) groups is 1. The molecule has 0 radical (unpaired) electrons. The number of carbonyl (C=O) groups excluding carboxylic acids is 1. The zero-order valence-electron chi connectivity index (χ0n) is 9.55. The Kier molecular flexibility index (Phi) is 3.24. The van der Waals surface area contributed by atoms with Gasteiger partial charge in [-0.25, -0.2) is 4.98 Å². The van der Waals surface area contributed by atoms with E-state index in [0.29, 0.717) is 6.54 Å². The summed E-state index contributed by atoms with van der Waals surface area (Å²) >= 11 is 0. The van der Waals surface area contributed by atoms with Gasteiger partial charge in [0.15, 0.2) is 0 Å². The van der Waals surface area contributed by atoms with Crippen molar-refractivity contribution in [3.8, 4) is 0 Å². The molecule has 2 heterocycles. The number of aromatic nitrogens is 2. The van der Waals surface area contributed by atoms with E-state index in [4.69, 9.17) is 0 Å². The molecule has 1 aromatic rings. The number of amides is 1. The van der Waals surface area contributed by atoms with Crippen LogP contribution in [0.5, 0.6) is 0 Å². The van der Waals surface area contributed by atoms with E-state index in [1.54, 1.807) is 12.5 Å². The van der Waals surface area contributed by atoms with Crippen LogP contribution in [0.2, 0.25) is 0 Å². The van der Waals surface area contributed by atoms with Crippen molar-refractivity contribution in [2.45, 2.75) is 31.7 Å². The van der Waals surface area contributed by atoms with Gasteiger partial charge in [-0.15, -0.1) is 0 Å². The van der Waals surface area contributed by atoms with Crippen molar-refractivity contribution in [2.24, 2.45) is 0 Å². The molecule has 5 heteroatoms. The van der Waals surface area contributed by atoms with E-state index in [-0.39, 0.29) is 11.4 Å². The van der Waals surface area contributed by atoms with Crippen LogP contribution in [-0.4, -0.2) is 34.5 Å². The Balaban J connectivity index is 1.75. The number of hydrogen-bond acceptors (Lipinski definition) is 3. The van der Waals surface area contributed by atoms with E-state index in [1.807, 2.05) is 6.92 Å². The summed E-state index contributed by atoms with van der Waals surface area (Å²) in [5, 5.41) is 6.20. The SMILES string of the molecule is CC1(C(=O)NCCc2cnc[nH]2)CCCN1. The van der Waals surface area contributed by atoms with Crippen LogP contribution in [-0.2, 0) is 11.2 Å². The van der Waals surface area contributed by atoms with Crippen molar-refractivity contribution >= 4 is 5.91 Å². The van der Waals surface area contributed by atoms with Crippen molar-refractivity contribution < 1.29 is 4.79 Å². The molecule has 1 saturated heterocycles. The molecule has 1 unspecified atom stereocenters. The third-order valence-corrected chi connectivity index (χ3v) is 3.10. The highest BCUT2D eigenvalue weighted by Crippen LogP contribution is 2.18. The quantitative estimate of drug-likeness (QED) is 0.682. The molecule has 0 aromatic carbocycles. The lowest BCUT2D eigenvalue weighted by Gasteiger charge is -2.22. The third-order valence-electron chi connectivity index (χ3n) is 3.10. The molecular formula is C11H18N4O. The van der Waals surface area contributed by atoms with E-state index in [2.05, 4.69) is 20.6 Å². The minimum absolute atomic E-state index is 0.101. The summed E-state index contributed by atoms with van der Waals surface area (Å²) < 4.78 is 0. The largest absolute Gasteiger partial charge is 0.354 e. The van der Waals surface area contributed by atoms with Gasteiger partial charge in [-0.3, -0.25) is 4.79 Å². The van der Waals surface area contributed by atoms with E-state index >= 15 is 0 Å². The van der Waals surface area contributed by atoms with Crippen molar-refractivity contribution in [3.63, 3.8) is 0 Å². The van der Waals surface area contributed by atoms with Gasteiger partial charge in [-0.1, -0.05) is 0 Å². The Hall–Kier alpha value is -1.36. The first kappa shape index (κ1) is 11.1. The standard InChI is InChI=1S/C11H18N4O/c1-11(4-2-5-15-11)10(16)13-6-3-9-7-12-8-14-9/h7-8,15H,2-6H2,1H3,(H,12,14)(H,13,16). The number of nitrogens with one attached hydrogen (secondary N) is 3. The number of H-pyrrole nitrogens is 1. The maximum absolute atomic E-state index is 11.9. The summed E-state index contributed by atoms with van der Waals surface area (Å²) in [5.74, 6) is 0.101. The molecule has 16 heavy (non-hydrogen) atoms. The van der Waals surface area contributed by atoms with Crippen LogP contribution in [0, 0.1) is 0 Å². The Morgan fingerprint density at radius 2 is 2.56 bits per heavy atom. The minimum Gasteiger partial charge on any atom is -0.354 e. The average molecular weight is 222 g/mol. The van der Waals surface area contributed by atoms with Gasteiger partial charge in [0.2, 0.25) is 5.91 Å². The highest BCUT2D eigenvalue weighted by Gasteiger charge is 2.35. The molecule has 2 rings (SSSR count). The van der Waals surface area contributed by atoms with Crippen LogP contribution in [0.1, 0.15) is 25.5 Å². The second-order valence-corrected chi connectivity index (χ2v) is 4.45. The second kappa shape index (κ2) is 4.65. The minimum atomic E-state index is -0.367. The predicted molar refractivity (Wildman–Crippen MR) is 60.9 cm³/mol. The van der Waals surface area contributed by atoms with Crippen LogP contribution in [0.15, 0.2) is 12.5 Å². The second-order valence-electron chi connectivity index (χ2n) is 4.45. The predicted octanol–water partition coefficient (Wildman–Crippen LogP) is 0.210. The molecule has 1 atom stereocenters. The monoisotopic (exact) mass is 222 g/mol. The summed E-state index contributed by atoms with van der Waals surface area (Å²) in [5.41, 5.74) is 0.679. The van der Waals surface area contributed by atoms with Crippen LogP contribution < -0.4 is 10.6 Å². The normalized spacial score (nSPS) is 24.6. The molecule has 1 amide bonds. The van der Waals surface area contributed by atoms with Gasteiger partial charge in [0.25, 0.3) is 0 Å². The summed E-state index contributed by atoms with van der Waals surface area (Å²) in [6.45, 7) is 3.55. The molecule has 0 bridgehead atoms. The molecule has 1 aliphatic rings. The van der Waals surface area contributed by atoms with Crippen LogP contribution in [0.3, 0.4) is 0 Å². The van der Waals surface area contributed by atoms with Gasteiger partial charge in [0.1, 0.15) is 0 Å².